The monoisotopic (exact) mass is 210 g/mol. The molecule has 0 saturated heterocycles. The van der Waals surface area contributed by atoms with Crippen LogP contribution in [0.2, 0.25) is 0 Å². The van der Waals surface area contributed by atoms with E-state index in [-0.39, 0.29) is 6.61 Å². The van der Waals surface area contributed by atoms with Crippen LogP contribution >= 0.6 is 0 Å². The Bertz CT molecular complexity index is 176. The topological polar surface area (TPSA) is 20.2 Å². The van der Waals surface area contributed by atoms with Crippen LogP contribution in [0.25, 0.3) is 0 Å². The molecule has 1 atom stereocenters. The van der Waals surface area contributed by atoms with Crippen molar-refractivity contribution in [2.24, 2.45) is 5.92 Å². The molecule has 0 aliphatic rings. The molecule has 0 amide bonds. The van der Waals surface area contributed by atoms with Crippen molar-refractivity contribution >= 4 is 0 Å². The van der Waals surface area contributed by atoms with Crippen molar-refractivity contribution in [3.8, 4) is 11.8 Å². The van der Waals surface area contributed by atoms with Gasteiger partial charge < -0.3 is 5.11 Å². The minimum absolute atomic E-state index is 0.267. The highest BCUT2D eigenvalue weighted by Gasteiger charge is 1.99. The van der Waals surface area contributed by atoms with Gasteiger partial charge in [-0.1, -0.05) is 33.1 Å². The number of rotatable bonds is 8. The summed E-state index contributed by atoms with van der Waals surface area (Å²) in [6, 6.07) is 0. The Kier molecular flexibility index (Phi) is 11.2. The van der Waals surface area contributed by atoms with Crippen molar-refractivity contribution in [2.75, 3.05) is 6.61 Å². The summed E-state index contributed by atoms with van der Waals surface area (Å²) in [6.45, 7) is 4.86. The van der Waals surface area contributed by atoms with Crippen molar-refractivity contribution in [3.05, 3.63) is 0 Å². The average molecular weight is 210 g/mol. The molecule has 0 heterocycles. The van der Waals surface area contributed by atoms with Crippen LogP contribution in [0.15, 0.2) is 0 Å². The lowest BCUT2D eigenvalue weighted by molar-refractivity contribution is 0.290. The largest absolute Gasteiger partial charge is 0.396 e. The minimum atomic E-state index is 0.267. The first-order valence-electron chi connectivity index (χ1n) is 6.37. The van der Waals surface area contributed by atoms with Gasteiger partial charge in [0.15, 0.2) is 0 Å². The summed E-state index contributed by atoms with van der Waals surface area (Å²) < 4.78 is 0. The SMILES string of the molecule is CCCC[C@@H](C)CCCC#CCCCO. The molecule has 0 unspecified atom stereocenters. The van der Waals surface area contributed by atoms with Gasteiger partial charge in [-0.3, -0.25) is 0 Å². The second-order valence-corrected chi connectivity index (χ2v) is 4.32. The molecule has 0 rings (SSSR count). The molecule has 0 aromatic heterocycles. The second kappa shape index (κ2) is 11.6. The Hall–Kier alpha value is -0.480. The zero-order valence-electron chi connectivity index (χ0n) is 10.4. The molecule has 0 aromatic rings. The first kappa shape index (κ1) is 14.5. The van der Waals surface area contributed by atoms with Gasteiger partial charge in [0.2, 0.25) is 0 Å². The first-order valence-corrected chi connectivity index (χ1v) is 6.37. The summed E-state index contributed by atoms with van der Waals surface area (Å²) in [6.07, 6.45) is 9.29. The summed E-state index contributed by atoms with van der Waals surface area (Å²) in [5, 5.41) is 8.56. The Labute approximate surface area is 95.3 Å². The fourth-order valence-corrected chi connectivity index (χ4v) is 1.58. The molecule has 0 aliphatic carbocycles. The second-order valence-electron chi connectivity index (χ2n) is 4.32. The predicted molar refractivity (Wildman–Crippen MR) is 66.6 cm³/mol. The van der Waals surface area contributed by atoms with Crippen molar-refractivity contribution in [2.45, 2.75) is 65.2 Å². The van der Waals surface area contributed by atoms with E-state index in [0.717, 1.165) is 25.2 Å². The van der Waals surface area contributed by atoms with E-state index in [2.05, 4.69) is 25.7 Å². The molecule has 0 saturated carbocycles. The zero-order valence-corrected chi connectivity index (χ0v) is 10.4. The van der Waals surface area contributed by atoms with Gasteiger partial charge in [0, 0.05) is 19.4 Å². The van der Waals surface area contributed by atoms with Crippen molar-refractivity contribution in [1.82, 2.24) is 0 Å². The van der Waals surface area contributed by atoms with E-state index in [1.807, 2.05) is 0 Å². The highest BCUT2D eigenvalue weighted by atomic mass is 16.2. The van der Waals surface area contributed by atoms with Crippen molar-refractivity contribution in [1.29, 1.82) is 0 Å². The third-order valence-corrected chi connectivity index (χ3v) is 2.63. The molecule has 0 radical (unpaired) electrons. The van der Waals surface area contributed by atoms with Gasteiger partial charge in [0.05, 0.1) is 0 Å². The fourth-order valence-electron chi connectivity index (χ4n) is 1.58. The van der Waals surface area contributed by atoms with Crippen molar-refractivity contribution in [3.63, 3.8) is 0 Å². The van der Waals surface area contributed by atoms with Crippen LogP contribution in [0.5, 0.6) is 0 Å². The summed E-state index contributed by atoms with van der Waals surface area (Å²) in [7, 11) is 0. The molecule has 0 aromatic carbocycles. The number of unbranched alkanes of at least 4 members (excludes halogenated alkanes) is 3. The van der Waals surface area contributed by atoms with Crippen LogP contribution in [0.4, 0.5) is 0 Å². The maximum absolute atomic E-state index is 8.56. The van der Waals surface area contributed by atoms with Gasteiger partial charge in [-0.15, -0.1) is 11.8 Å². The highest BCUT2D eigenvalue weighted by molar-refractivity contribution is 4.98. The molecule has 0 bridgehead atoms. The Morgan fingerprint density at radius 3 is 2.20 bits per heavy atom. The summed E-state index contributed by atoms with van der Waals surface area (Å²) in [5.74, 6) is 7.13. The third-order valence-electron chi connectivity index (χ3n) is 2.63. The highest BCUT2D eigenvalue weighted by Crippen LogP contribution is 2.14. The predicted octanol–water partition coefficient (Wildman–Crippen LogP) is 3.76. The molecule has 0 fully saturated rings. The fraction of sp³-hybridized carbons (Fsp3) is 0.857. The van der Waals surface area contributed by atoms with Crippen LogP contribution in [0, 0.1) is 17.8 Å². The lowest BCUT2D eigenvalue weighted by Crippen LogP contribution is -1.93. The van der Waals surface area contributed by atoms with Crippen LogP contribution in [0.3, 0.4) is 0 Å². The first-order chi connectivity index (χ1) is 7.31. The lowest BCUT2D eigenvalue weighted by atomic mass is 9.98. The van der Waals surface area contributed by atoms with E-state index in [1.165, 1.54) is 32.1 Å². The number of hydrogen-bond donors (Lipinski definition) is 1. The number of hydrogen-bond acceptors (Lipinski definition) is 1. The minimum Gasteiger partial charge on any atom is -0.396 e. The van der Waals surface area contributed by atoms with Crippen molar-refractivity contribution < 1.29 is 5.11 Å². The van der Waals surface area contributed by atoms with E-state index >= 15 is 0 Å². The summed E-state index contributed by atoms with van der Waals surface area (Å²) in [4.78, 5) is 0. The van der Waals surface area contributed by atoms with Gasteiger partial charge in [-0.25, -0.2) is 0 Å². The van der Waals surface area contributed by atoms with Crippen LogP contribution in [-0.2, 0) is 0 Å². The van der Waals surface area contributed by atoms with Crippen LogP contribution in [-0.4, -0.2) is 11.7 Å². The number of aliphatic hydroxyl groups is 1. The Morgan fingerprint density at radius 1 is 1.00 bits per heavy atom. The quantitative estimate of drug-likeness (QED) is 0.478. The Morgan fingerprint density at radius 2 is 1.60 bits per heavy atom. The maximum atomic E-state index is 8.56. The smallest absolute Gasteiger partial charge is 0.0440 e. The average Bonchev–Trinajstić information content (AvgIpc) is 2.25. The number of aliphatic hydroxyl groups excluding tert-OH is 1. The molecule has 0 spiro atoms. The zero-order chi connectivity index (χ0) is 11.4. The van der Waals surface area contributed by atoms with Gasteiger partial charge >= 0.3 is 0 Å². The van der Waals surface area contributed by atoms with Gasteiger partial charge in [-0.2, -0.15) is 0 Å². The maximum Gasteiger partial charge on any atom is 0.0440 e. The van der Waals surface area contributed by atoms with Gasteiger partial charge in [0.1, 0.15) is 0 Å². The van der Waals surface area contributed by atoms with E-state index in [9.17, 15) is 0 Å². The van der Waals surface area contributed by atoms with Gasteiger partial charge in [0.25, 0.3) is 0 Å². The van der Waals surface area contributed by atoms with E-state index < -0.39 is 0 Å². The molecule has 0 aliphatic heterocycles. The van der Waals surface area contributed by atoms with Crippen LogP contribution in [0.1, 0.15) is 65.2 Å². The van der Waals surface area contributed by atoms with E-state index in [0.29, 0.717) is 0 Å². The molecule has 88 valence electrons. The summed E-state index contributed by atoms with van der Waals surface area (Å²) >= 11 is 0. The Balaban J connectivity index is 3.24. The standard InChI is InChI=1S/C14H26O/c1-3-4-11-14(2)12-9-7-5-6-8-10-13-15/h14-15H,3-4,7-13H2,1-2H3/t14-/m1/s1. The van der Waals surface area contributed by atoms with E-state index in [1.54, 1.807) is 0 Å². The molecular weight excluding hydrogens is 184 g/mol. The summed E-state index contributed by atoms with van der Waals surface area (Å²) in [5.41, 5.74) is 0. The third kappa shape index (κ3) is 11.4. The normalized spacial score (nSPS) is 11.9. The molecule has 1 nitrogen and oxygen atoms in total. The molecule has 1 N–H and O–H groups in total. The lowest BCUT2D eigenvalue weighted by Gasteiger charge is -2.08. The molecular formula is C14H26O. The van der Waals surface area contributed by atoms with Crippen LogP contribution < -0.4 is 0 Å². The molecule has 15 heavy (non-hydrogen) atoms. The van der Waals surface area contributed by atoms with Gasteiger partial charge in [-0.05, 0) is 25.2 Å². The molecule has 1 heteroatoms. The van der Waals surface area contributed by atoms with E-state index in [4.69, 9.17) is 5.11 Å².